The fraction of sp³-hybridized carbons (Fsp3) is 0.533. The van der Waals surface area contributed by atoms with Gasteiger partial charge in [-0.25, -0.2) is 0 Å². The van der Waals surface area contributed by atoms with Gasteiger partial charge in [0.05, 0.1) is 24.5 Å². The molecule has 18 heavy (non-hydrogen) atoms. The van der Waals surface area contributed by atoms with Crippen molar-refractivity contribution in [1.82, 2.24) is 0 Å². The van der Waals surface area contributed by atoms with Crippen LogP contribution in [0.1, 0.15) is 37.6 Å². The van der Waals surface area contributed by atoms with E-state index in [1.54, 1.807) is 18.2 Å². The predicted octanol–water partition coefficient (Wildman–Crippen LogP) is 3.13. The minimum absolute atomic E-state index is 0.220. The number of hydrogen-bond donors (Lipinski definition) is 0. The van der Waals surface area contributed by atoms with E-state index in [0.717, 1.165) is 0 Å². The number of carboxylic acid groups (broad SMARTS) is 1. The van der Waals surface area contributed by atoms with Crippen LogP contribution in [0.5, 0.6) is 0 Å². The van der Waals surface area contributed by atoms with Crippen molar-refractivity contribution in [2.45, 2.75) is 27.2 Å². The molecule has 0 spiro atoms. The van der Waals surface area contributed by atoms with E-state index in [-0.39, 0.29) is 5.56 Å². The van der Waals surface area contributed by atoms with Crippen molar-refractivity contribution in [2.24, 2.45) is 0 Å². The Kier molecular flexibility index (Phi) is 8.66. The van der Waals surface area contributed by atoms with E-state index >= 15 is 0 Å². The van der Waals surface area contributed by atoms with Gasteiger partial charge in [-0.2, -0.15) is 0 Å². The fourth-order valence-electron chi connectivity index (χ4n) is 1.65. The summed E-state index contributed by atoms with van der Waals surface area (Å²) in [4.78, 5) is 10.1. The average molecular weight is 268 g/mol. The Morgan fingerprint density at radius 3 is 1.83 bits per heavy atom. The van der Waals surface area contributed by atoms with Gasteiger partial charge in [-0.15, -0.1) is 0 Å². The van der Waals surface area contributed by atoms with Crippen LogP contribution in [0.25, 0.3) is 0 Å². The first-order chi connectivity index (χ1) is 8.49. The molecule has 0 aliphatic carbocycles. The number of hydrogen-bond acceptors (Lipinski definition) is 2. The highest BCUT2D eigenvalue weighted by Gasteiger charge is 2.24. The Labute approximate surface area is 112 Å². The summed E-state index contributed by atoms with van der Waals surface area (Å²) in [6, 6.07) is 8.06. The molecule has 1 aromatic carbocycles. The molecule has 0 aromatic heterocycles. The third kappa shape index (κ3) is 6.76. The summed E-state index contributed by atoms with van der Waals surface area (Å²) in [6.07, 6.45) is 5.76. The molecule has 0 radical (unpaired) electrons. The molecule has 3 heteroatoms. The summed E-state index contributed by atoms with van der Waals surface area (Å²) >= 11 is 0. The Morgan fingerprint density at radius 1 is 1.11 bits per heavy atom. The highest BCUT2D eigenvalue weighted by molar-refractivity contribution is 7.75. The van der Waals surface area contributed by atoms with Crippen LogP contribution < -0.4 is 5.11 Å². The molecule has 0 amide bonds. The van der Waals surface area contributed by atoms with E-state index in [4.69, 9.17) is 0 Å². The molecule has 0 aliphatic heterocycles. The first-order valence-corrected chi connectivity index (χ1v) is 9.38. The van der Waals surface area contributed by atoms with Crippen LogP contribution in [-0.4, -0.2) is 31.1 Å². The Hall–Kier alpha value is -0.880. The smallest absolute Gasteiger partial charge is 0.0715 e. The van der Waals surface area contributed by atoms with E-state index in [9.17, 15) is 9.90 Å². The second kappa shape index (κ2) is 9.10. The average Bonchev–Trinajstić information content (AvgIpc) is 2.40. The van der Waals surface area contributed by atoms with Gasteiger partial charge in [0.15, 0.2) is 0 Å². The number of benzene rings is 1. The van der Waals surface area contributed by atoms with Crippen molar-refractivity contribution in [1.29, 1.82) is 0 Å². The van der Waals surface area contributed by atoms with Gasteiger partial charge in [-0.3, -0.25) is 0 Å². The predicted molar refractivity (Wildman–Crippen MR) is 79.9 cm³/mol. The number of aromatic carboxylic acids is 1. The zero-order chi connectivity index (χ0) is 14.0. The molecule has 1 rings (SSSR count). The number of rotatable bonds is 5. The highest BCUT2D eigenvalue weighted by Crippen LogP contribution is 2.54. The lowest BCUT2D eigenvalue weighted by Gasteiger charge is -2.18. The SMILES string of the molecule is CCC[P+](C)(CC)CC.O=C([O-])c1ccccc1. The molecule has 0 atom stereocenters. The zero-order valence-corrected chi connectivity index (χ0v) is 12.9. The van der Waals surface area contributed by atoms with Crippen molar-refractivity contribution < 1.29 is 9.90 Å². The molecule has 0 heterocycles. The fourth-order valence-corrected chi connectivity index (χ4v) is 3.81. The van der Waals surface area contributed by atoms with E-state index in [0.29, 0.717) is 0 Å². The molecule has 0 fully saturated rings. The number of carbonyl (C=O) groups excluding carboxylic acids is 1. The van der Waals surface area contributed by atoms with Gasteiger partial charge in [0.1, 0.15) is 0 Å². The third-order valence-corrected chi connectivity index (χ3v) is 7.88. The molecule has 2 nitrogen and oxygen atoms in total. The lowest BCUT2D eigenvalue weighted by atomic mass is 10.2. The summed E-state index contributed by atoms with van der Waals surface area (Å²) in [5, 5.41) is 10.1. The lowest BCUT2D eigenvalue weighted by Crippen LogP contribution is -2.21. The first-order valence-electron chi connectivity index (χ1n) is 6.59. The third-order valence-electron chi connectivity index (χ3n) is 3.30. The standard InChI is InChI=1S/C8H20P.C7H6O2/c1-5-8-9(4,6-2)7-3;8-7(9)6-4-2-1-3-5-6/h5-8H2,1-4H3;1-5H,(H,8,9)/q+1;/p-1. The summed E-state index contributed by atoms with van der Waals surface area (Å²) < 4.78 is 0. The van der Waals surface area contributed by atoms with Gasteiger partial charge < -0.3 is 9.90 Å². The van der Waals surface area contributed by atoms with Gasteiger partial charge in [0.25, 0.3) is 0 Å². The first kappa shape index (κ1) is 17.1. The van der Waals surface area contributed by atoms with Crippen LogP contribution in [-0.2, 0) is 0 Å². The van der Waals surface area contributed by atoms with Gasteiger partial charge in [0, 0.05) is 13.9 Å². The van der Waals surface area contributed by atoms with Gasteiger partial charge in [-0.1, -0.05) is 37.3 Å². The normalized spacial score (nSPS) is 10.4. The van der Waals surface area contributed by atoms with E-state index in [1.807, 2.05) is 0 Å². The largest absolute Gasteiger partial charge is 0.545 e. The minimum Gasteiger partial charge on any atom is -0.545 e. The topological polar surface area (TPSA) is 40.1 Å². The van der Waals surface area contributed by atoms with E-state index < -0.39 is 13.2 Å². The monoisotopic (exact) mass is 268 g/mol. The van der Waals surface area contributed by atoms with Crippen molar-refractivity contribution in [2.75, 3.05) is 25.2 Å². The Balaban J connectivity index is 0.000000321. The second-order valence-corrected chi connectivity index (χ2v) is 9.58. The van der Waals surface area contributed by atoms with Crippen LogP contribution in [0.15, 0.2) is 30.3 Å². The zero-order valence-electron chi connectivity index (χ0n) is 12.0. The van der Waals surface area contributed by atoms with Gasteiger partial charge in [0.2, 0.25) is 0 Å². The molecule has 1 aromatic rings. The molecule has 0 saturated heterocycles. The highest BCUT2D eigenvalue weighted by atomic mass is 31.2. The van der Waals surface area contributed by atoms with Gasteiger partial charge >= 0.3 is 0 Å². The molecule has 102 valence electrons. The van der Waals surface area contributed by atoms with E-state index in [1.165, 1.54) is 37.0 Å². The number of carboxylic acids is 1. The second-order valence-electron chi connectivity index (χ2n) is 4.63. The van der Waals surface area contributed by atoms with Crippen LogP contribution in [0.3, 0.4) is 0 Å². The van der Waals surface area contributed by atoms with Crippen LogP contribution in [0, 0.1) is 0 Å². The van der Waals surface area contributed by atoms with Crippen molar-refractivity contribution in [3.05, 3.63) is 35.9 Å². The molecule has 0 saturated carbocycles. The van der Waals surface area contributed by atoms with Crippen molar-refractivity contribution in [3.63, 3.8) is 0 Å². The van der Waals surface area contributed by atoms with Crippen LogP contribution in [0.2, 0.25) is 0 Å². The Morgan fingerprint density at radius 2 is 1.61 bits per heavy atom. The maximum absolute atomic E-state index is 10.1. The van der Waals surface area contributed by atoms with Gasteiger partial charge in [-0.05, 0) is 25.8 Å². The van der Waals surface area contributed by atoms with Crippen LogP contribution in [0.4, 0.5) is 0 Å². The summed E-state index contributed by atoms with van der Waals surface area (Å²) in [7, 11) is -0.431. The summed E-state index contributed by atoms with van der Waals surface area (Å²) in [5.41, 5.74) is 0.220. The number of carbonyl (C=O) groups is 1. The molecule has 0 aliphatic rings. The minimum atomic E-state index is -1.13. The lowest BCUT2D eigenvalue weighted by molar-refractivity contribution is -0.255. The van der Waals surface area contributed by atoms with E-state index in [2.05, 4.69) is 27.4 Å². The quantitative estimate of drug-likeness (QED) is 0.770. The molecule has 0 unspecified atom stereocenters. The summed E-state index contributed by atoms with van der Waals surface area (Å²) in [5.74, 6) is -1.13. The molecular formula is C15H25O2P. The summed E-state index contributed by atoms with van der Waals surface area (Å²) in [6.45, 7) is 9.47. The molecule has 0 bridgehead atoms. The molecule has 0 N–H and O–H groups in total. The van der Waals surface area contributed by atoms with Crippen LogP contribution >= 0.6 is 7.26 Å². The Bertz CT molecular complexity index is 332. The molecular weight excluding hydrogens is 243 g/mol. The van der Waals surface area contributed by atoms with Crippen molar-refractivity contribution in [3.8, 4) is 0 Å². The maximum atomic E-state index is 10.1. The maximum Gasteiger partial charge on any atom is 0.0715 e. The van der Waals surface area contributed by atoms with Crippen molar-refractivity contribution >= 4 is 13.2 Å².